The highest BCUT2D eigenvalue weighted by atomic mass is 31.1. The largest absolute Gasteiger partial charge is 0.473 e. The van der Waals surface area contributed by atoms with Crippen LogP contribution in [0, 0.1) is 0 Å². The molecule has 3 rings (SSSR count). The van der Waals surface area contributed by atoms with Crippen molar-refractivity contribution < 1.29 is 19.8 Å². The van der Waals surface area contributed by atoms with Gasteiger partial charge in [0.2, 0.25) is 0 Å². The van der Waals surface area contributed by atoms with Gasteiger partial charge in [0, 0.05) is 0 Å². The molecule has 5 heteroatoms. The number of benzene rings is 3. The SMILES string of the molecule is O=C(O)C(=O)O.c1ccc(P(c2ccccc2)c2ccccc2)cc1. The van der Waals surface area contributed by atoms with Gasteiger partial charge in [0.1, 0.15) is 0 Å². The van der Waals surface area contributed by atoms with Gasteiger partial charge >= 0.3 is 11.9 Å². The third-order valence-electron chi connectivity index (χ3n) is 3.23. The molecule has 0 aliphatic carbocycles. The molecule has 0 unspecified atom stereocenters. The second-order valence-corrected chi connectivity index (χ2v) is 7.17. The molecular weight excluding hydrogens is 335 g/mol. The minimum absolute atomic E-state index is 0.446. The topological polar surface area (TPSA) is 74.6 Å². The van der Waals surface area contributed by atoms with Gasteiger partial charge in [-0.15, -0.1) is 0 Å². The molecule has 0 saturated carbocycles. The molecule has 0 radical (unpaired) electrons. The number of aliphatic carboxylic acids is 2. The molecule has 0 aliphatic rings. The number of carboxylic acids is 2. The molecule has 0 amide bonds. The Kier molecular flexibility index (Phi) is 6.87. The molecule has 0 heterocycles. The van der Waals surface area contributed by atoms with Crippen LogP contribution in [0.15, 0.2) is 91.0 Å². The van der Waals surface area contributed by atoms with E-state index in [1.54, 1.807) is 0 Å². The van der Waals surface area contributed by atoms with Crippen LogP contribution in [0.4, 0.5) is 0 Å². The first-order chi connectivity index (χ1) is 12.1. The molecule has 126 valence electrons. The van der Waals surface area contributed by atoms with Crippen LogP contribution in [0.3, 0.4) is 0 Å². The summed E-state index contributed by atoms with van der Waals surface area (Å²) in [5.41, 5.74) is 0. The Balaban J connectivity index is 0.000000326. The normalized spacial score (nSPS) is 9.80. The smallest absolute Gasteiger partial charge is 0.414 e. The Labute approximate surface area is 147 Å². The molecule has 0 aromatic heterocycles. The number of carboxylic acid groups (broad SMARTS) is 2. The van der Waals surface area contributed by atoms with E-state index in [0.29, 0.717) is 0 Å². The summed E-state index contributed by atoms with van der Waals surface area (Å²) in [5, 5.41) is 19.0. The van der Waals surface area contributed by atoms with Gasteiger partial charge in [-0.2, -0.15) is 0 Å². The summed E-state index contributed by atoms with van der Waals surface area (Å²) in [6, 6.07) is 32.3. The summed E-state index contributed by atoms with van der Waals surface area (Å²) in [7, 11) is -0.446. The van der Waals surface area contributed by atoms with E-state index in [2.05, 4.69) is 91.0 Å². The number of carbonyl (C=O) groups is 2. The molecule has 0 saturated heterocycles. The van der Waals surface area contributed by atoms with Crippen molar-refractivity contribution in [1.82, 2.24) is 0 Å². The average Bonchev–Trinajstić information content (AvgIpc) is 2.65. The van der Waals surface area contributed by atoms with Crippen LogP contribution in [0.25, 0.3) is 0 Å². The van der Waals surface area contributed by atoms with Gasteiger partial charge < -0.3 is 10.2 Å². The van der Waals surface area contributed by atoms with Crippen LogP contribution in [0.1, 0.15) is 0 Å². The van der Waals surface area contributed by atoms with Gasteiger partial charge in [-0.25, -0.2) is 9.59 Å². The van der Waals surface area contributed by atoms with Crippen molar-refractivity contribution in [2.24, 2.45) is 0 Å². The Bertz CT molecular complexity index is 699. The summed E-state index contributed by atoms with van der Waals surface area (Å²) < 4.78 is 0. The highest BCUT2D eigenvalue weighted by Crippen LogP contribution is 2.32. The second kappa shape index (κ2) is 9.36. The van der Waals surface area contributed by atoms with Crippen LogP contribution < -0.4 is 15.9 Å². The molecule has 0 atom stereocenters. The fourth-order valence-electron chi connectivity index (χ4n) is 2.18. The lowest BCUT2D eigenvalue weighted by Gasteiger charge is -2.18. The Morgan fingerprint density at radius 1 is 0.520 bits per heavy atom. The van der Waals surface area contributed by atoms with Gasteiger partial charge in [0.25, 0.3) is 0 Å². The molecular formula is C20H17O4P. The maximum Gasteiger partial charge on any atom is 0.414 e. The molecule has 3 aromatic carbocycles. The zero-order valence-electron chi connectivity index (χ0n) is 13.3. The van der Waals surface area contributed by atoms with Crippen LogP contribution in [0.5, 0.6) is 0 Å². The Morgan fingerprint density at radius 2 is 0.760 bits per heavy atom. The van der Waals surface area contributed by atoms with Crippen molar-refractivity contribution in [2.75, 3.05) is 0 Å². The van der Waals surface area contributed by atoms with Gasteiger partial charge in [-0.3, -0.25) is 0 Å². The Morgan fingerprint density at radius 3 is 0.960 bits per heavy atom. The van der Waals surface area contributed by atoms with E-state index in [4.69, 9.17) is 19.8 Å². The molecule has 4 nitrogen and oxygen atoms in total. The minimum Gasteiger partial charge on any atom is -0.473 e. The van der Waals surface area contributed by atoms with E-state index in [1.807, 2.05) is 0 Å². The summed E-state index contributed by atoms with van der Waals surface area (Å²) in [6.07, 6.45) is 0. The third kappa shape index (κ3) is 5.55. The zero-order valence-corrected chi connectivity index (χ0v) is 14.2. The van der Waals surface area contributed by atoms with Gasteiger partial charge in [0.15, 0.2) is 0 Å². The first-order valence-electron chi connectivity index (χ1n) is 7.51. The first-order valence-corrected chi connectivity index (χ1v) is 8.85. The monoisotopic (exact) mass is 352 g/mol. The fraction of sp³-hybridized carbons (Fsp3) is 0. The van der Waals surface area contributed by atoms with Crippen molar-refractivity contribution in [2.45, 2.75) is 0 Å². The summed E-state index contributed by atoms with van der Waals surface area (Å²) in [5.74, 6) is -3.65. The van der Waals surface area contributed by atoms with E-state index in [0.717, 1.165) is 0 Å². The van der Waals surface area contributed by atoms with Gasteiger partial charge in [0.05, 0.1) is 0 Å². The molecule has 0 aliphatic heterocycles. The van der Waals surface area contributed by atoms with E-state index in [-0.39, 0.29) is 0 Å². The van der Waals surface area contributed by atoms with Crippen molar-refractivity contribution in [1.29, 1.82) is 0 Å². The minimum atomic E-state index is -1.82. The van der Waals surface area contributed by atoms with Crippen molar-refractivity contribution in [3.05, 3.63) is 91.0 Å². The predicted octanol–water partition coefficient (Wildman–Crippen LogP) is 2.60. The number of hydrogen-bond donors (Lipinski definition) is 2. The summed E-state index contributed by atoms with van der Waals surface area (Å²) in [4.78, 5) is 18.2. The van der Waals surface area contributed by atoms with Gasteiger partial charge in [-0.1, -0.05) is 91.0 Å². The molecule has 2 N–H and O–H groups in total. The van der Waals surface area contributed by atoms with Crippen molar-refractivity contribution in [3.8, 4) is 0 Å². The lowest BCUT2D eigenvalue weighted by atomic mass is 10.4. The molecule has 3 aromatic rings. The Hall–Kier alpha value is -2.97. The zero-order chi connectivity index (χ0) is 18.1. The maximum atomic E-state index is 9.10. The second-order valence-electron chi connectivity index (χ2n) is 4.95. The van der Waals surface area contributed by atoms with E-state index in [9.17, 15) is 0 Å². The highest BCUT2D eigenvalue weighted by molar-refractivity contribution is 7.79. The number of rotatable bonds is 3. The van der Waals surface area contributed by atoms with E-state index >= 15 is 0 Å². The van der Waals surface area contributed by atoms with E-state index < -0.39 is 19.9 Å². The molecule has 0 spiro atoms. The fourth-order valence-corrected chi connectivity index (χ4v) is 4.48. The van der Waals surface area contributed by atoms with Gasteiger partial charge in [-0.05, 0) is 23.8 Å². The summed E-state index contributed by atoms with van der Waals surface area (Å²) in [6.45, 7) is 0. The first kappa shape index (κ1) is 18.4. The molecule has 0 bridgehead atoms. The average molecular weight is 352 g/mol. The van der Waals surface area contributed by atoms with Crippen molar-refractivity contribution >= 4 is 35.8 Å². The lowest BCUT2D eigenvalue weighted by Crippen LogP contribution is -2.20. The summed E-state index contributed by atoms with van der Waals surface area (Å²) >= 11 is 0. The van der Waals surface area contributed by atoms with Crippen LogP contribution in [0.2, 0.25) is 0 Å². The van der Waals surface area contributed by atoms with Crippen molar-refractivity contribution in [3.63, 3.8) is 0 Å². The highest BCUT2D eigenvalue weighted by Gasteiger charge is 2.14. The lowest BCUT2D eigenvalue weighted by molar-refractivity contribution is -0.159. The standard InChI is InChI=1S/C18H15P.C2H2O4/c1-4-10-16(11-5-1)19(17-12-6-2-7-13-17)18-14-8-3-9-15-18;3-1(4)2(5)6/h1-15H;(H,3,4)(H,5,6). The number of hydrogen-bond acceptors (Lipinski definition) is 2. The van der Waals surface area contributed by atoms with E-state index in [1.165, 1.54) is 15.9 Å². The third-order valence-corrected chi connectivity index (χ3v) is 5.67. The predicted molar refractivity (Wildman–Crippen MR) is 100 cm³/mol. The molecule has 0 fully saturated rings. The van der Waals surface area contributed by atoms with Crippen LogP contribution in [-0.2, 0) is 9.59 Å². The van der Waals surface area contributed by atoms with Crippen LogP contribution >= 0.6 is 7.92 Å². The molecule has 25 heavy (non-hydrogen) atoms. The van der Waals surface area contributed by atoms with Crippen LogP contribution in [-0.4, -0.2) is 22.2 Å². The quantitative estimate of drug-likeness (QED) is 0.561. The maximum absolute atomic E-state index is 9.10.